The molecule has 1 N–H and O–H groups in total. The molecule has 3 aromatic carbocycles. The quantitative estimate of drug-likeness (QED) is 0.698. The molecule has 1 unspecified atom stereocenters. The minimum Gasteiger partial charge on any atom is -0.212 e. The van der Waals surface area contributed by atoms with Crippen LogP contribution in [-0.4, -0.2) is 8.42 Å². The molecule has 3 nitrogen and oxygen atoms in total. The van der Waals surface area contributed by atoms with Crippen molar-refractivity contribution < 1.29 is 8.42 Å². The Balaban J connectivity index is 1.94. The fraction of sp³-hybridized carbons (Fsp3) is 0.182. The van der Waals surface area contributed by atoms with Crippen molar-refractivity contribution in [1.29, 1.82) is 0 Å². The summed E-state index contributed by atoms with van der Waals surface area (Å²) in [4.78, 5) is 0. The third kappa shape index (κ3) is 4.59. The number of sulfonamides is 1. The summed E-state index contributed by atoms with van der Waals surface area (Å²) >= 11 is 0. The maximum atomic E-state index is 12.9. The van der Waals surface area contributed by atoms with E-state index in [4.69, 9.17) is 0 Å². The van der Waals surface area contributed by atoms with E-state index >= 15 is 0 Å². The third-order valence-electron chi connectivity index (χ3n) is 4.37. The molecule has 0 saturated carbocycles. The summed E-state index contributed by atoms with van der Waals surface area (Å²) in [6.45, 7) is 3.96. The van der Waals surface area contributed by atoms with Gasteiger partial charge in [0.2, 0.25) is 10.0 Å². The van der Waals surface area contributed by atoms with Crippen molar-refractivity contribution in [2.24, 2.45) is 0 Å². The van der Waals surface area contributed by atoms with Gasteiger partial charge in [-0.1, -0.05) is 84.4 Å². The molecular weight excluding hydrogens is 342 g/mol. The van der Waals surface area contributed by atoms with Crippen molar-refractivity contribution in [2.75, 3.05) is 0 Å². The first-order valence-electron chi connectivity index (χ1n) is 8.61. The second kappa shape index (κ2) is 7.85. The Bertz CT molecular complexity index is 982. The molecule has 0 aromatic heterocycles. The average Bonchev–Trinajstić information content (AvgIpc) is 2.61. The first-order valence-corrected chi connectivity index (χ1v) is 10.3. The lowest BCUT2D eigenvalue weighted by Crippen LogP contribution is -2.31. The van der Waals surface area contributed by atoms with E-state index in [-0.39, 0.29) is 5.75 Å². The number of aryl methyl sites for hydroxylation is 2. The molecule has 0 spiro atoms. The summed E-state index contributed by atoms with van der Waals surface area (Å²) < 4.78 is 28.6. The molecule has 0 aliphatic rings. The summed E-state index contributed by atoms with van der Waals surface area (Å²) in [5.74, 6) is -0.0378. The predicted octanol–water partition coefficient (Wildman–Crippen LogP) is 4.51. The van der Waals surface area contributed by atoms with E-state index in [2.05, 4.69) is 4.72 Å². The highest BCUT2D eigenvalue weighted by Gasteiger charge is 2.22. The zero-order valence-corrected chi connectivity index (χ0v) is 15.8. The monoisotopic (exact) mass is 365 g/mol. The van der Waals surface area contributed by atoms with Gasteiger partial charge in [0.05, 0.1) is 11.8 Å². The van der Waals surface area contributed by atoms with Crippen LogP contribution >= 0.6 is 0 Å². The summed E-state index contributed by atoms with van der Waals surface area (Å²) in [5, 5.41) is 0. The van der Waals surface area contributed by atoms with Gasteiger partial charge in [0, 0.05) is 0 Å². The summed E-state index contributed by atoms with van der Waals surface area (Å²) in [7, 11) is -3.51. The number of rotatable bonds is 6. The highest BCUT2D eigenvalue weighted by atomic mass is 32.2. The van der Waals surface area contributed by atoms with E-state index < -0.39 is 16.1 Å². The van der Waals surface area contributed by atoms with E-state index in [1.807, 2.05) is 92.7 Å². The van der Waals surface area contributed by atoms with Gasteiger partial charge in [-0.05, 0) is 36.1 Å². The zero-order valence-electron chi connectivity index (χ0n) is 15.0. The number of benzene rings is 3. The van der Waals surface area contributed by atoms with Crippen molar-refractivity contribution in [1.82, 2.24) is 4.72 Å². The van der Waals surface area contributed by atoms with Crippen LogP contribution in [-0.2, 0) is 15.8 Å². The van der Waals surface area contributed by atoms with E-state index in [1.54, 1.807) is 0 Å². The van der Waals surface area contributed by atoms with Gasteiger partial charge >= 0.3 is 0 Å². The van der Waals surface area contributed by atoms with Crippen molar-refractivity contribution in [2.45, 2.75) is 25.6 Å². The molecule has 0 radical (unpaired) electrons. The minimum atomic E-state index is -3.51. The molecule has 0 bridgehead atoms. The molecule has 3 aromatic rings. The van der Waals surface area contributed by atoms with Crippen LogP contribution in [0.5, 0.6) is 0 Å². The summed E-state index contributed by atoms with van der Waals surface area (Å²) in [6, 6.07) is 24.7. The normalized spacial score (nSPS) is 12.7. The molecule has 0 amide bonds. The minimum absolute atomic E-state index is 0.0378. The molecule has 0 fully saturated rings. The predicted molar refractivity (Wildman–Crippen MR) is 106 cm³/mol. The molecule has 1 atom stereocenters. The van der Waals surface area contributed by atoms with Crippen LogP contribution in [0.1, 0.15) is 33.9 Å². The Morgan fingerprint density at radius 3 is 2.23 bits per heavy atom. The van der Waals surface area contributed by atoms with Crippen LogP contribution in [0.2, 0.25) is 0 Å². The third-order valence-corrected chi connectivity index (χ3v) is 5.68. The van der Waals surface area contributed by atoms with Crippen LogP contribution in [0.3, 0.4) is 0 Å². The maximum absolute atomic E-state index is 12.9. The first-order chi connectivity index (χ1) is 12.4. The number of hydrogen-bond acceptors (Lipinski definition) is 2. The molecule has 0 heterocycles. The van der Waals surface area contributed by atoms with Crippen LogP contribution in [0.4, 0.5) is 0 Å². The molecule has 0 aliphatic carbocycles. The van der Waals surface area contributed by atoms with Gasteiger partial charge < -0.3 is 0 Å². The van der Waals surface area contributed by atoms with E-state index in [0.717, 1.165) is 27.8 Å². The Morgan fingerprint density at radius 2 is 1.54 bits per heavy atom. The average molecular weight is 365 g/mol. The number of hydrogen-bond donors (Lipinski definition) is 1. The standard InChI is InChI=1S/C22H23NO2S/c1-17-9-8-11-19(15-17)16-26(24,25)23-22(20-12-4-3-5-13-20)21-14-7-6-10-18(21)2/h3-15,22-23H,16H2,1-2H3. The van der Waals surface area contributed by atoms with Crippen LogP contribution < -0.4 is 4.72 Å². The maximum Gasteiger partial charge on any atom is 0.216 e. The van der Waals surface area contributed by atoms with Gasteiger partial charge in [0.25, 0.3) is 0 Å². The van der Waals surface area contributed by atoms with Gasteiger partial charge in [-0.3, -0.25) is 0 Å². The van der Waals surface area contributed by atoms with Gasteiger partial charge in [0.15, 0.2) is 0 Å². The Hall–Kier alpha value is -2.43. The SMILES string of the molecule is Cc1cccc(CS(=O)(=O)NC(c2ccccc2)c2ccccc2C)c1. The molecule has 134 valence electrons. The van der Waals surface area contributed by atoms with Crippen LogP contribution in [0.25, 0.3) is 0 Å². The topological polar surface area (TPSA) is 46.2 Å². The molecular formula is C22H23NO2S. The Labute approximate surface area is 155 Å². The smallest absolute Gasteiger partial charge is 0.212 e. The molecule has 26 heavy (non-hydrogen) atoms. The Morgan fingerprint density at radius 1 is 0.846 bits per heavy atom. The summed E-state index contributed by atoms with van der Waals surface area (Å²) in [5.41, 5.74) is 4.78. The van der Waals surface area contributed by atoms with Crippen molar-refractivity contribution >= 4 is 10.0 Å². The molecule has 0 aliphatic heterocycles. The fourth-order valence-electron chi connectivity index (χ4n) is 3.11. The highest BCUT2D eigenvalue weighted by Crippen LogP contribution is 2.26. The largest absolute Gasteiger partial charge is 0.216 e. The van der Waals surface area contributed by atoms with Crippen molar-refractivity contribution in [3.05, 3.63) is 107 Å². The van der Waals surface area contributed by atoms with Gasteiger partial charge in [0.1, 0.15) is 0 Å². The lowest BCUT2D eigenvalue weighted by atomic mass is 9.96. The van der Waals surface area contributed by atoms with Gasteiger partial charge in [-0.25, -0.2) is 13.1 Å². The van der Waals surface area contributed by atoms with Crippen molar-refractivity contribution in [3.63, 3.8) is 0 Å². The van der Waals surface area contributed by atoms with Crippen LogP contribution in [0, 0.1) is 13.8 Å². The van der Waals surface area contributed by atoms with E-state index in [0.29, 0.717) is 0 Å². The molecule has 0 saturated heterocycles. The first kappa shape index (κ1) is 18.4. The Kier molecular flexibility index (Phi) is 5.55. The van der Waals surface area contributed by atoms with E-state index in [1.165, 1.54) is 0 Å². The lowest BCUT2D eigenvalue weighted by molar-refractivity contribution is 0.571. The second-order valence-electron chi connectivity index (χ2n) is 6.57. The van der Waals surface area contributed by atoms with E-state index in [9.17, 15) is 8.42 Å². The van der Waals surface area contributed by atoms with Gasteiger partial charge in [-0.2, -0.15) is 0 Å². The van der Waals surface area contributed by atoms with Crippen LogP contribution in [0.15, 0.2) is 78.9 Å². The van der Waals surface area contributed by atoms with Crippen molar-refractivity contribution in [3.8, 4) is 0 Å². The zero-order chi connectivity index (χ0) is 18.6. The van der Waals surface area contributed by atoms with Gasteiger partial charge in [-0.15, -0.1) is 0 Å². The molecule has 3 rings (SSSR count). The molecule has 4 heteroatoms. The highest BCUT2D eigenvalue weighted by molar-refractivity contribution is 7.88. The lowest BCUT2D eigenvalue weighted by Gasteiger charge is -2.21. The fourth-order valence-corrected chi connectivity index (χ4v) is 4.43. The summed E-state index contributed by atoms with van der Waals surface area (Å²) in [6.07, 6.45) is 0. The number of nitrogens with one attached hydrogen (secondary N) is 1. The second-order valence-corrected chi connectivity index (χ2v) is 8.32.